The Kier molecular flexibility index (Phi) is 2.83. The molecule has 0 unspecified atom stereocenters. The minimum Gasteiger partial charge on any atom is -0.0610 e. The van der Waals surface area contributed by atoms with Gasteiger partial charge in [-0.15, -0.1) is 0 Å². The molecule has 10 rings (SSSR count). The first kappa shape index (κ1) is 17.7. The maximum absolute atomic E-state index is 2.39. The molecule has 0 saturated carbocycles. The summed E-state index contributed by atoms with van der Waals surface area (Å²) in [6.07, 6.45) is 0. The summed E-state index contributed by atoms with van der Waals surface area (Å²) < 4.78 is 0. The largest absolute Gasteiger partial charge is 0.0610 e. The quantitative estimate of drug-likeness (QED) is 0.159. The normalized spacial score (nSPS) is 13.0. The van der Waals surface area contributed by atoms with Crippen LogP contribution in [0.4, 0.5) is 0 Å². The van der Waals surface area contributed by atoms with Gasteiger partial charge >= 0.3 is 0 Å². The van der Waals surface area contributed by atoms with Crippen molar-refractivity contribution in [1.82, 2.24) is 0 Å². The molecule has 0 amide bonds. The summed E-state index contributed by atoms with van der Waals surface area (Å²) in [6.45, 7) is 0. The van der Waals surface area contributed by atoms with Crippen molar-refractivity contribution in [2.45, 2.75) is 0 Å². The van der Waals surface area contributed by atoms with Crippen LogP contribution in [0.3, 0.4) is 0 Å². The Balaban J connectivity index is 1.71. The predicted molar refractivity (Wildman–Crippen MR) is 158 cm³/mol. The third-order valence-electron chi connectivity index (χ3n) is 8.84. The predicted octanol–water partition coefficient (Wildman–Crippen LogP) is 10.4. The first-order valence-corrected chi connectivity index (χ1v) is 12.7. The fourth-order valence-corrected chi connectivity index (χ4v) is 7.54. The molecule has 0 aliphatic heterocycles. The number of hydrogen-bond acceptors (Lipinski definition) is 0. The molecule has 0 heteroatoms. The molecule has 0 radical (unpaired) electrons. The smallest absolute Gasteiger partial charge is 0.000740 e. The molecule has 0 nitrogen and oxygen atoms in total. The molecule has 0 atom stereocenters. The van der Waals surface area contributed by atoms with E-state index in [1.807, 2.05) is 0 Å². The summed E-state index contributed by atoms with van der Waals surface area (Å²) in [5.41, 5.74) is 0. The van der Waals surface area contributed by atoms with Gasteiger partial charge in [-0.1, -0.05) is 109 Å². The van der Waals surface area contributed by atoms with Crippen molar-refractivity contribution in [3.05, 3.63) is 109 Å². The van der Waals surface area contributed by atoms with Crippen molar-refractivity contribution in [1.29, 1.82) is 0 Å². The summed E-state index contributed by atoms with van der Waals surface area (Å²) in [5, 5.41) is 24.7. The van der Waals surface area contributed by atoms with E-state index in [1.165, 1.54) is 97.0 Å². The highest BCUT2D eigenvalue weighted by Crippen LogP contribution is 2.51. The second kappa shape index (κ2) is 5.75. The molecule has 0 aromatic heterocycles. The molecule has 36 heavy (non-hydrogen) atoms. The zero-order valence-corrected chi connectivity index (χ0v) is 19.4. The van der Waals surface area contributed by atoms with Crippen molar-refractivity contribution >= 4 is 97.0 Å². The van der Waals surface area contributed by atoms with Crippen LogP contribution in [0, 0.1) is 0 Å². The lowest BCUT2D eigenvalue weighted by Crippen LogP contribution is -1.94. The van der Waals surface area contributed by atoms with E-state index in [2.05, 4.69) is 109 Å². The highest BCUT2D eigenvalue weighted by molar-refractivity contribution is 6.50. The highest BCUT2D eigenvalue weighted by atomic mass is 14.2. The highest BCUT2D eigenvalue weighted by Gasteiger charge is 2.22. The number of fused-ring (bicyclic) bond motifs is 5. The molecular weight excluding hydrogens is 432 g/mol. The Hall–Kier alpha value is -4.68. The van der Waals surface area contributed by atoms with Gasteiger partial charge in [0, 0.05) is 0 Å². The third-order valence-corrected chi connectivity index (χ3v) is 8.84. The monoisotopic (exact) mass is 450 g/mol. The number of hydrogen-bond donors (Lipinski definition) is 0. The van der Waals surface area contributed by atoms with E-state index >= 15 is 0 Å². The van der Waals surface area contributed by atoms with Gasteiger partial charge in [-0.2, -0.15) is 0 Å². The Morgan fingerprint density at radius 3 is 1.25 bits per heavy atom. The summed E-state index contributed by atoms with van der Waals surface area (Å²) >= 11 is 0. The van der Waals surface area contributed by atoms with Crippen LogP contribution >= 0.6 is 0 Å². The van der Waals surface area contributed by atoms with Gasteiger partial charge in [0.25, 0.3) is 0 Å². The maximum Gasteiger partial charge on any atom is -0.000740 e. The van der Waals surface area contributed by atoms with Crippen LogP contribution in [-0.4, -0.2) is 0 Å². The fourth-order valence-electron chi connectivity index (χ4n) is 7.54. The van der Waals surface area contributed by atoms with Crippen molar-refractivity contribution in [3.8, 4) is 0 Å². The molecule has 0 aliphatic rings. The summed E-state index contributed by atoms with van der Waals surface area (Å²) in [7, 11) is 0. The lowest BCUT2D eigenvalue weighted by Gasteiger charge is -2.22. The van der Waals surface area contributed by atoms with E-state index in [-0.39, 0.29) is 0 Å². The van der Waals surface area contributed by atoms with Crippen LogP contribution in [0.25, 0.3) is 97.0 Å². The molecule has 0 spiro atoms. The third kappa shape index (κ3) is 1.80. The second-order valence-corrected chi connectivity index (χ2v) is 10.4. The number of rotatable bonds is 0. The Morgan fingerprint density at radius 2 is 0.556 bits per heavy atom. The standard InChI is InChI=1S/C36H18/c1-5-19-6-2-10-25-29(19)23(8-1)24-9-4-12-27-33(24)34(25)28-18-17-22-16-15-21-14-13-20-7-3-11-26-30(20)31(21)32(22)36(28)35(26)27/h1-18H. The van der Waals surface area contributed by atoms with Gasteiger partial charge in [0.1, 0.15) is 0 Å². The summed E-state index contributed by atoms with van der Waals surface area (Å²) in [6, 6.07) is 41.3. The second-order valence-electron chi connectivity index (χ2n) is 10.4. The van der Waals surface area contributed by atoms with E-state index in [4.69, 9.17) is 0 Å². The lowest BCUT2D eigenvalue weighted by atomic mass is 9.80. The molecular formula is C36H18. The van der Waals surface area contributed by atoms with Crippen LogP contribution in [0.5, 0.6) is 0 Å². The van der Waals surface area contributed by atoms with Crippen molar-refractivity contribution in [3.63, 3.8) is 0 Å². The number of benzene rings is 10. The van der Waals surface area contributed by atoms with E-state index in [0.717, 1.165) is 0 Å². The molecule has 162 valence electrons. The van der Waals surface area contributed by atoms with Crippen LogP contribution in [0.1, 0.15) is 0 Å². The topological polar surface area (TPSA) is 0 Å². The van der Waals surface area contributed by atoms with Crippen LogP contribution < -0.4 is 0 Å². The maximum atomic E-state index is 2.39. The molecule has 10 aromatic rings. The van der Waals surface area contributed by atoms with E-state index < -0.39 is 0 Å². The van der Waals surface area contributed by atoms with Crippen molar-refractivity contribution in [2.75, 3.05) is 0 Å². The molecule has 0 N–H and O–H groups in total. The fraction of sp³-hybridized carbons (Fsp3) is 0. The summed E-state index contributed by atoms with van der Waals surface area (Å²) in [4.78, 5) is 0. The Morgan fingerprint density at radius 1 is 0.194 bits per heavy atom. The zero-order valence-electron chi connectivity index (χ0n) is 19.4. The van der Waals surface area contributed by atoms with Crippen molar-refractivity contribution < 1.29 is 0 Å². The molecule has 0 saturated heterocycles. The molecule has 0 bridgehead atoms. The molecule has 0 fully saturated rings. The first-order valence-electron chi connectivity index (χ1n) is 12.7. The molecule has 0 aliphatic carbocycles. The van der Waals surface area contributed by atoms with Gasteiger partial charge in [-0.25, -0.2) is 0 Å². The zero-order chi connectivity index (χ0) is 23.1. The minimum atomic E-state index is 1.32. The van der Waals surface area contributed by atoms with Gasteiger partial charge in [-0.3, -0.25) is 0 Å². The Labute approximate surface area is 206 Å². The van der Waals surface area contributed by atoms with Gasteiger partial charge < -0.3 is 0 Å². The average molecular weight is 451 g/mol. The minimum absolute atomic E-state index is 1.32. The van der Waals surface area contributed by atoms with Crippen LogP contribution in [0.2, 0.25) is 0 Å². The van der Waals surface area contributed by atoms with E-state index in [0.29, 0.717) is 0 Å². The average Bonchev–Trinajstić information content (AvgIpc) is 2.94. The van der Waals surface area contributed by atoms with Crippen molar-refractivity contribution in [2.24, 2.45) is 0 Å². The first-order chi connectivity index (χ1) is 17.9. The Bertz CT molecular complexity index is 2500. The van der Waals surface area contributed by atoms with E-state index in [1.54, 1.807) is 0 Å². The lowest BCUT2D eigenvalue weighted by molar-refractivity contribution is 1.80. The van der Waals surface area contributed by atoms with Crippen LogP contribution in [0.15, 0.2) is 109 Å². The van der Waals surface area contributed by atoms with Gasteiger partial charge in [0.2, 0.25) is 0 Å². The molecule has 0 heterocycles. The van der Waals surface area contributed by atoms with Gasteiger partial charge in [0.05, 0.1) is 0 Å². The summed E-state index contributed by atoms with van der Waals surface area (Å²) in [5.74, 6) is 0. The van der Waals surface area contributed by atoms with Crippen LogP contribution in [-0.2, 0) is 0 Å². The SMILES string of the molecule is c1cc2cccc3c2c(c1)c1cccc2c1c3c1ccc3ccc4ccc5cccc6c5c4c3c1c62. The molecule has 10 aromatic carbocycles. The van der Waals surface area contributed by atoms with Gasteiger partial charge in [0.15, 0.2) is 0 Å². The van der Waals surface area contributed by atoms with E-state index in [9.17, 15) is 0 Å². The van der Waals surface area contributed by atoms with Gasteiger partial charge in [-0.05, 0) is 97.0 Å².